The van der Waals surface area contributed by atoms with Gasteiger partial charge >= 0.3 is 0 Å². The van der Waals surface area contributed by atoms with Crippen LogP contribution in [0, 0.1) is 12.7 Å². The van der Waals surface area contributed by atoms with Crippen molar-refractivity contribution in [1.82, 2.24) is 9.97 Å². The van der Waals surface area contributed by atoms with E-state index in [4.69, 9.17) is 11.6 Å². The van der Waals surface area contributed by atoms with Gasteiger partial charge in [0.05, 0.1) is 0 Å². The van der Waals surface area contributed by atoms with Gasteiger partial charge in [0.25, 0.3) is 0 Å². The van der Waals surface area contributed by atoms with Crippen LogP contribution in [0.3, 0.4) is 0 Å². The van der Waals surface area contributed by atoms with Gasteiger partial charge in [0, 0.05) is 20.3 Å². The monoisotopic (exact) mass is 356 g/mol. The molecule has 0 unspecified atom stereocenters. The molecule has 0 spiro atoms. The maximum atomic E-state index is 13.1. The maximum absolute atomic E-state index is 13.1. The van der Waals surface area contributed by atoms with E-state index >= 15 is 0 Å². The largest absolute Gasteiger partial charge is 0.217 e. The van der Waals surface area contributed by atoms with Gasteiger partial charge in [0.1, 0.15) is 15.8 Å². The minimum absolute atomic E-state index is 0.310. The fraction of sp³-hybridized carbons (Fsp3) is 0.0769. The zero-order valence-corrected chi connectivity index (χ0v) is 12.9. The Labute approximate surface area is 126 Å². The summed E-state index contributed by atoms with van der Waals surface area (Å²) in [7, 11) is 0. The zero-order valence-electron chi connectivity index (χ0n) is 9.75. The highest BCUT2D eigenvalue weighted by Gasteiger charge is 2.12. The van der Waals surface area contributed by atoms with Crippen molar-refractivity contribution in [2.75, 3.05) is 0 Å². The molecule has 0 fully saturated rings. The normalized spacial score (nSPS) is 11.2. The molecular weight excluding hydrogens is 351 g/mol. The summed E-state index contributed by atoms with van der Waals surface area (Å²) in [6.07, 6.45) is 0. The van der Waals surface area contributed by atoms with Gasteiger partial charge in [0.15, 0.2) is 5.82 Å². The predicted molar refractivity (Wildman–Crippen MR) is 80.3 cm³/mol. The number of hydrogen-bond donors (Lipinski definition) is 0. The molecule has 0 saturated heterocycles. The quantitative estimate of drug-likeness (QED) is 0.558. The van der Waals surface area contributed by atoms with E-state index in [2.05, 4.69) is 25.9 Å². The molecule has 2 heterocycles. The van der Waals surface area contributed by atoms with Gasteiger partial charge in [0.2, 0.25) is 0 Å². The van der Waals surface area contributed by atoms with Crippen LogP contribution >= 0.6 is 38.9 Å². The molecule has 3 rings (SSSR count). The van der Waals surface area contributed by atoms with Crippen LogP contribution < -0.4 is 0 Å². The van der Waals surface area contributed by atoms with E-state index in [1.165, 1.54) is 12.1 Å². The van der Waals surface area contributed by atoms with Gasteiger partial charge in [-0.25, -0.2) is 14.4 Å². The standard InChI is InChI=1S/C13H7BrClFN2S/c1-6-4-9-11(15)17-12(18-13(9)19-6)8-3-2-7(16)5-10(8)14/h2-5H,1H3. The van der Waals surface area contributed by atoms with Gasteiger partial charge < -0.3 is 0 Å². The predicted octanol–water partition coefficient (Wildman–Crippen LogP) is 5.22. The van der Waals surface area contributed by atoms with E-state index in [9.17, 15) is 4.39 Å². The Balaban J connectivity index is 2.25. The average Bonchev–Trinajstić information content (AvgIpc) is 2.70. The smallest absolute Gasteiger partial charge is 0.163 e. The molecule has 0 N–H and O–H groups in total. The van der Waals surface area contributed by atoms with Crippen LogP contribution in [-0.2, 0) is 0 Å². The number of thiophene rings is 1. The molecule has 0 aliphatic rings. The third-order valence-corrected chi connectivity index (χ3v) is 4.53. The molecule has 1 aromatic carbocycles. The Bertz CT molecular complexity index is 788. The number of nitrogens with zero attached hydrogens (tertiary/aromatic N) is 2. The van der Waals surface area contributed by atoms with Crippen molar-refractivity contribution in [2.45, 2.75) is 6.92 Å². The molecule has 2 nitrogen and oxygen atoms in total. The van der Waals surface area contributed by atoms with Gasteiger partial charge in [-0.05, 0) is 47.1 Å². The molecule has 3 aromatic rings. The Hall–Kier alpha value is -1.04. The summed E-state index contributed by atoms with van der Waals surface area (Å²) in [5.41, 5.74) is 0.719. The van der Waals surface area contributed by atoms with Crippen LogP contribution in [0.1, 0.15) is 4.88 Å². The molecule has 19 heavy (non-hydrogen) atoms. The molecule has 0 aliphatic carbocycles. The lowest BCUT2D eigenvalue weighted by atomic mass is 10.2. The first-order valence-corrected chi connectivity index (χ1v) is 7.42. The number of fused-ring (bicyclic) bond motifs is 1. The van der Waals surface area contributed by atoms with Crippen LogP contribution in [0.5, 0.6) is 0 Å². The Morgan fingerprint density at radius 1 is 1.26 bits per heavy atom. The van der Waals surface area contributed by atoms with Crippen LogP contribution in [0.4, 0.5) is 4.39 Å². The fourth-order valence-corrected chi connectivity index (χ4v) is 3.49. The molecule has 2 aromatic heterocycles. The highest BCUT2D eigenvalue weighted by atomic mass is 79.9. The lowest BCUT2D eigenvalue weighted by Crippen LogP contribution is -1.91. The Kier molecular flexibility index (Phi) is 3.28. The molecule has 96 valence electrons. The van der Waals surface area contributed by atoms with Crippen LogP contribution in [0.25, 0.3) is 21.6 Å². The summed E-state index contributed by atoms with van der Waals surface area (Å²) in [5, 5.41) is 1.27. The number of aromatic nitrogens is 2. The second-order valence-corrected chi connectivity index (χ2v) is 6.49. The highest BCUT2D eigenvalue weighted by molar-refractivity contribution is 9.10. The van der Waals surface area contributed by atoms with E-state index < -0.39 is 0 Å². The van der Waals surface area contributed by atoms with E-state index in [0.29, 0.717) is 15.5 Å². The number of benzene rings is 1. The first-order chi connectivity index (χ1) is 9.04. The van der Waals surface area contributed by atoms with Crippen molar-refractivity contribution in [3.63, 3.8) is 0 Å². The third kappa shape index (κ3) is 2.38. The number of halogens is 3. The minimum atomic E-state index is -0.310. The highest BCUT2D eigenvalue weighted by Crippen LogP contribution is 2.33. The molecule has 0 aliphatic heterocycles. The zero-order chi connectivity index (χ0) is 13.6. The van der Waals surface area contributed by atoms with Crippen LogP contribution in [0.15, 0.2) is 28.7 Å². The molecule has 0 radical (unpaired) electrons. The molecule has 0 bridgehead atoms. The minimum Gasteiger partial charge on any atom is -0.217 e. The van der Waals surface area contributed by atoms with Gasteiger partial charge in [-0.2, -0.15) is 0 Å². The topological polar surface area (TPSA) is 25.8 Å². The molecular formula is C13H7BrClFN2S. The summed E-state index contributed by atoms with van der Waals surface area (Å²) >= 11 is 11.1. The van der Waals surface area contributed by atoms with E-state index in [0.717, 1.165) is 20.7 Å². The first-order valence-electron chi connectivity index (χ1n) is 5.44. The van der Waals surface area contributed by atoms with Gasteiger partial charge in [-0.15, -0.1) is 11.3 Å². The summed E-state index contributed by atoms with van der Waals surface area (Å²) < 4.78 is 13.7. The number of aryl methyl sites for hydroxylation is 1. The fourth-order valence-electron chi connectivity index (χ4n) is 1.80. The molecule has 0 amide bonds. The Morgan fingerprint density at radius 2 is 2.05 bits per heavy atom. The maximum Gasteiger partial charge on any atom is 0.163 e. The van der Waals surface area contributed by atoms with Crippen molar-refractivity contribution in [2.24, 2.45) is 0 Å². The van der Waals surface area contributed by atoms with Gasteiger partial charge in [-0.1, -0.05) is 11.6 Å². The first kappa shape index (κ1) is 13.0. The second-order valence-electron chi connectivity index (χ2n) is 4.04. The summed E-state index contributed by atoms with van der Waals surface area (Å²) in [6.45, 7) is 2.00. The lowest BCUT2D eigenvalue weighted by molar-refractivity contribution is 0.627. The van der Waals surface area contributed by atoms with Crippen molar-refractivity contribution >= 4 is 49.1 Å². The lowest BCUT2D eigenvalue weighted by Gasteiger charge is -2.04. The average molecular weight is 358 g/mol. The SMILES string of the molecule is Cc1cc2c(Cl)nc(-c3ccc(F)cc3Br)nc2s1. The van der Waals surface area contributed by atoms with Crippen LogP contribution in [-0.4, -0.2) is 9.97 Å². The second kappa shape index (κ2) is 4.81. The van der Waals surface area contributed by atoms with E-state index in [-0.39, 0.29) is 5.82 Å². The van der Waals surface area contributed by atoms with E-state index in [1.54, 1.807) is 17.4 Å². The summed E-state index contributed by atoms with van der Waals surface area (Å²) in [4.78, 5) is 10.7. The molecule has 0 saturated carbocycles. The van der Waals surface area contributed by atoms with Crippen molar-refractivity contribution in [1.29, 1.82) is 0 Å². The van der Waals surface area contributed by atoms with Crippen LogP contribution in [0.2, 0.25) is 5.15 Å². The summed E-state index contributed by atoms with van der Waals surface area (Å²) in [6, 6.07) is 6.36. The Morgan fingerprint density at radius 3 is 2.79 bits per heavy atom. The third-order valence-electron chi connectivity index (χ3n) is 2.64. The number of hydrogen-bond acceptors (Lipinski definition) is 3. The summed E-state index contributed by atoms with van der Waals surface area (Å²) in [5.74, 6) is 0.181. The van der Waals surface area contributed by atoms with Crippen molar-refractivity contribution < 1.29 is 4.39 Å². The van der Waals surface area contributed by atoms with Gasteiger partial charge in [-0.3, -0.25) is 0 Å². The van der Waals surface area contributed by atoms with Crippen molar-refractivity contribution in [3.05, 3.63) is 44.6 Å². The molecule has 6 heteroatoms. The van der Waals surface area contributed by atoms with Crippen molar-refractivity contribution in [3.8, 4) is 11.4 Å². The molecule has 0 atom stereocenters. The number of rotatable bonds is 1. The van der Waals surface area contributed by atoms with E-state index in [1.807, 2.05) is 13.0 Å².